The van der Waals surface area contributed by atoms with E-state index in [1.807, 2.05) is 0 Å². The minimum atomic E-state index is -5.08. The van der Waals surface area contributed by atoms with Crippen molar-refractivity contribution in [2.24, 2.45) is 5.92 Å². The highest BCUT2D eigenvalue weighted by atomic mass is 19.4. The minimum Gasteiger partial charge on any atom is -0.475 e. The summed E-state index contributed by atoms with van der Waals surface area (Å²) in [5, 5.41) is 16.4. The molecule has 1 aliphatic rings. The van der Waals surface area contributed by atoms with Crippen LogP contribution in [-0.4, -0.2) is 41.4 Å². The van der Waals surface area contributed by atoms with E-state index in [1.54, 1.807) is 6.07 Å². The number of aliphatic carboxylic acids is 1. The monoisotopic (exact) mass is 281 g/mol. The number of carbonyl (C=O) groups excluding carboxylic acids is 1. The highest BCUT2D eigenvalue weighted by molar-refractivity contribution is 5.92. The molecule has 19 heavy (non-hydrogen) atoms. The van der Waals surface area contributed by atoms with Crippen molar-refractivity contribution in [1.29, 1.82) is 0 Å². The van der Waals surface area contributed by atoms with Gasteiger partial charge in [-0.2, -0.15) is 13.2 Å². The van der Waals surface area contributed by atoms with Gasteiger partial charge in [0.25, 0.3) is 0 Å². The van der Waals surface area contributed by atoms with E-state index in [-0.39, 0.29) is 11.8 Å². The molecule has 1 amide bonds. The second kappa shape index (κ2) is 6.18. The molecular formula is C9H10F3N3O4. The maximum Gasteiger partial charge on any atom is 0.490 e. The van der Waals surface area contributed by atoms with Gasteiger partial charge in [0.05, 0.1) is 5.92 Å². The Hall–Kier alpha value is -2.10. The molecule has 3 N–H and O–H groups in total. The van der Waals surface area contributed by atoms with Gasteiger partial charge < -0.3 is 20.3 Å². The van der Waals surface area contributed by atoms with Gasteiger partial charge >= 0.3 is 12.1 Å². The lowest BCUT2D eigenvalue weighted by atomic mass is 10.0. The fourth-order valence-electron chi connectivity index (χ4n) is 0.979. The number of hydrogen-bond donors (Lipinski definition) is 3. The molecule has 1 saturated heterocycles. The lowest BCUT2D eigenvalue weighted by Crippen LogP contribution is -2.48. The number of anilines is 1. The number of carboxylic acid groups (broad SMARTS) is 1. The predicted octanol–water partition coefficient (Wildman–Crippen LogP) is 0.466. The van der Waals surface area contributed by atoms with Gasteiger partial charge in [-0.05, 0) is 0 Å². The van der Waals surface area contributed by atoms with Crippen molar-refractivity contribution in [3.8, 4) is 0 Å². The topological polar surface area (TPSA) is 104 Å². The summed E-state index contributed by atoms with van der Waals surface area (Å²) in [6.07, 6.45) is -3.66. The van der Waals surface area contributed by atoms with Gasteiger partial charge in [0.1, 0.15) is 6.26 Å². The van der Waals surface area contributed by atoms with Crippen LogP contribution in [0.5, 0.6) is 0 Å². The third-order valence-electron chi connectivity index (χ3n) is 2.08. The molecule has 0 bridgehead atoms. The molecule has 0 spiro atoms. The number of amides is 1. The van der Waals surface area contributed by atoms with Crippen molar-refractivity contribution in [3.63, 3.8) is 0 Å². The average molecular weight is 281 g/mol. The summed E-state index contributed by atoms with van der Waals surface area (Å²) in [5.74, 6) is -2.19. The third-order valence-corrected chi connectivity index (χ3v) is 2.08. The first-order chi connectivity index (χ1) is 8.80. The fraction of sp³-hybridized carbons (Fsp3) is 0.444. The largest absolute Gasteiger partial charge is 0.490 e. The van der Waals surface area contributed by atoms with Gasteiger partial charge in [-0.25, -0.2) is 4.79 Å². The maximum atomic E-state index is 11.3. The van der Waals surface area contributed by atoms with Crippen LogP contribution < -0.4 is 10.6 Å². The molecule has 0 radical (unpaired) electrons. The molecule has 0 atom stereocenters. The highest BCUT2D eigenvalue weighted by Crippen LogP contribution is 2.13. The number of alkyl halides is 3. The van der Waals surface area contributed by atoms with Crippen molar-refractivity contribution >= 4 is 17.7 Å². The van der Waals surface area contributed by atoms with Crippen LogP contribution in [0.2, 0.25) is 0 Å². The van der Waals surface area contributed by atoms with Gasteiger partial charge in [0.15, 0.2) is 5.82 Å². The van der Waals surface area contributed by atoms with E-state index in [2.05, 4.69) is 20.3 Å². The molecule has 1 aromatic heterocycles. The molecule has 1 aliphatic heterocycles. The normalized spacial score (nSPS) is 14.9. The Labute approximate surface area is 104 Å². The summed E-state index contributed by atoms with van der Waals surface area (Å²) >= 11 is 0. The zero-order valence-electron chi connectivity index (χ0n) is 9.40. The second-order valence-electron chi connectivity index (χ2n) is 3.53. The lowest BCUT2D eigenvalue weighted by molar-refractivity contribution is -0.192. The van der Waals surface area contributed by atoms with Gasteiger partial charge in [0.2, 0.25) is 5.91 Å². The molecule has 106 valence electrons. The SMILES string of the molecule is O=C(Nc1ccon1)C1CNC1.O=C(O)C(F)(F)F. The minimum absolute atomic E-state index is 0.00245. The van der Waals surface area contributed by atoms with E-state index >= 15 is 0 Å². The molecule has 1 fully saturated rings. The zero-order chi connectivity index (χ0) is 14.5. The van der Waals surface area contributed by atoms with Crippen molar-refractivity contribution < 1.29 is 32.4 Å². The molecule has 2 rings (SSSR count). The van der Waals surface area contributed by atoms with E-state index in [0.717, 1.165) is 13.1 Å². The van der Waals surface area contributed by atoms with Crippen LogP contribution in [0.25, 0.3) is 0 Å². The van der Waals surface area contributed by atoms with E-state index in [9.17, 15) is 18.0 Å². The first kappa shape index (κ1) is 15.0. The Morgan fingerprint density at radius 3 is 2.37 bits per heavy atom. The van der Waals surface area contributed by atoms with Crippen LogP contribution in [0.4, 0.5) is 19.0 Å². The second-order valence-corrected chi connectivity index (χ2v) is 3.53. The van der Waals surface area contributed by atoms with Gasteiger partial charge in [-0.15, -0.1) is 0 Å². The van der Waals surface area contributed by atoms with Crippen molar-refractivity contribution in [2.75, 3.05) is 18.4 Å². The smallest absolute Gasteiger partial charge is 0.475 e. The van der Waals surface area contributed by atoms with E-state index in [0.29, 0.717) is 5.82 Å². The van der Waals surface area contributed by atoms with Crippen LogP contribution in [0.15, 0.2) is 16.9 Å². The molecule has 0 saturated carbocycles. The van der Waals surface area contributed by atoms with Gasteiger partial charge in [-0.3, -0.25) is 4.79 Å². The zero-order valence-corrected chi connectivity index (χ0v) is 9.40. The lowest BCUT2D eigenvalue weighted by Gasteiger charge is -2.25. The summed E-state index contributed by atoms with van der Waals surface area (Å²) < 4.78 is 36.3. The molecule has 0 aliphatic carbocycles. The summed E-state index contributed by atoms with van der Waals surface area (Å²) in [4.78, 5) is 20.2. The number of rotatable bonds is 2. The van der Waals surface area contributed by atoms with Crippen LogP contribution in [0.3, 0.4) is 0 Å². The number of halogens is 3. The standard InChI is InChI=1S/C7H9N3O2.C2HF3O2/c11-7(5-3-8-4-5)9-6-1-2-12-10-6;3-2(4,5)1(6)7/h1-2,5,8H,3-4H2,(H,9,10,11);(H,6,7). The molecule has 0 unspecified atom stereocenters. The van der Waals surface area contributed by atoms with Crippen LogP contribution in [0.1, 0.15) is 0 Å². The first-order valence-corrected chi connectivity index (χ1v) is 5.02. The quantitative estimate of drug-likeness (QED) is 0.727. The van der Waals surface area contributed by atoms with Crippen molar-refractivity contribution in [1.82, 2.24) is 10.5 Å². The summed E-state index contributed by atoms with van der Waals surface area (Å²) in [7, 11) is 0. The number of carbonyl (C=O) groups is 2. The molecule has 7 nitrogen and oxygen atoms in total. The highest BCUT2D eigenvalue weighted by Gasteiger charge is 2.38. The van der Waals surface area contributed by atoms with Gasteiger partial charge in [-0.1, -0.05) is 5.16 Å². The average Bonchev–Trinajstić information content (AvgIpc) is 2.66. The van der Waals surface area contributed by atoms with Crippen molar-refractivity contribution in [2.45, 2.75) is 6.18 Å². The summed E-state index contributed by atoms with van der Waals surface area (Å²) in [5.41, 5.74) is 0. The van der Waals surface area contributed by atoms with Crippen LogP contribution in [-0.2, 0) is 9.59 Å². The van der Waals surface area contributed by atoms with E-state index < -0.39 is 12.1 Å². The third kappa shape index (κ3) is 4.95. The Bertz CT molecular complexity index is 428. The maximum absolute atomic E-state index is 11.3. The first-order valence-electron chi connectivity index (χ1n) is 5.02. The number of nitrogens with one attached hydrogen (secondary N) is 2. The predicted molar refractivity (Wildman–Crippen MR) is 55.2 cm³/mol. The van der Waals surface area contributed by atoms with Gasteiger partial charge in [0, 0.05) is 19.2 Å². The molecule has 0 aromatic carbocycles. The van der Waals surface area contributed by atoms with Crippen LogP contribution in [0, 0.1) is 5.92 Å². The Morgan fingerprint density at radius 2 is 2.05 bits per heavy atom. The molecule has 2 heterocycles. The number of carboxylic acids is 1. The van der Waals surface area contributed by atoms with Crippen molar-refractivity contribution in [3.05, 3.63) is 12.3 Å². The summed E-state index contributed by atoms with van der Waals surface area (Å²) in [6.45, 7) is 1.51. The molecule has 10 heteroatoms. The van der Waals surface area contributed by atoms with E-state index in [1.165, 1.54) is 6.26 Å². The summed E-state index contributed by atoms with van der Waals surface area (Å²) in [6, 6.07) is 1.62. The molecule has 1 aromatic rings. The number of hydrogen-bond acceptors (Lipinski definition) is 5. The molecular weight excluding hydrogens is 271 g/mol. The Morgan fingerprint density at radius 1 is 1.47 bits per heavy atom. The van der Waals surface area contributed by atoms with Crippen LogP contribution >= 0.6 is 0 Å². The Balaban J connectivity index is 0.000000224. The number of nitrogens with zero attached hydrogens (tertiary/aromatic N) is 1. The fourth-order valence-corrected chi connectivity index (χ4v) is 0.979. The van der Waals surface area contributed by atoms with E-state index in [4.69, 9.17) is 9.90 Å². The Kier molecular flexibility index (Phi) is 4.87. The number of aromatic nitrogens is 1.